The van der Waals surface area contributed by atoms with Gasteiger partial charge in [0.05, 0.1) is 10.9 Å². The molecule has 12 heteroatoms. The lowest BCUT2D eigenvalue weighted by atomic mass is 9.63. The number of piperazine rings is 1. The second-order valence-electron chi connectivity index (χ2n) is 15.5. The first-order chi connectivity index (χ1) is 25.5. The minimum absolute atomic E-state index is 0.222. The Hall–Kier alpha value is -2.96. The van der Waals surface area contributed by atoms with E-state index in [4.69, 9.17) is 21.1 Å². The summed E-state index contributed by atoms with van der Waals surface area (Å²) in [5, 5.41) is -0.0635. The van der Waals surface area contributed by atoms with Crippen LogP contribution in [0.15, 0.2) is 53.5 Å². The number of carbonyl (C=O) groups excluding carboxylic acids is 1. The number of halogens is 1. The predicted molar refractivity (Wildman–Crippen MR) is 214 cm³/mol. The van der Waals surface area contributed by atoms with Crippen LogP contribution < -0.4 is 14.4 Å². The first-order valence-electron chi connectivity index (χ1n) is 19.4. The molecule has 4 aliphatic rings. The molecule has 2 aromatic carbocycles. The fourth-order valence-electron chi connectivity index (χ4n) is 8.52. The average molecular weight is 768 g/mol. The number of fused-ring (bicyclic) bond motifs is 3. The zero-order chi connectivity index (χ0) is 37.6. The second-order valence-corrected chi connectivity index (χ2v) is 18.0. The number of nitrogens with zero attached hydrogens (tertiary/aromatic N) is 4. The van der Waals surface area contributed by atoms with Crippen LogP contribution in [0.4, 0.5) is 5.69 Å². The summed E-state index contributed by atoms with van der Waals surface area (Å²) in [4.78, 5) is 25.2. The second kappa shape index (κ2) is 17.7. The summed E-state index contributed by atoms with van der Waals surface area (Å²) in [6.07, 6.45) is 12.8. The van der Waals surface area contributed by atoms with Gasteiger partial charge in [0.1, 0.15) is 18.0 Å². The Morgan fingerprint density at radius 2 is 1.83 bits per heavy atom. The quantitative estimate of drug-likeness (QED) is 0.273. The third-order valence-corrected chi connectivity index (χ3v) is 14.4. The molecule has 3 heterocycles. The highest BCUT2D eigenvalue weighted by Crippen LogP contribution is 2.47. The maximum Gasteiger partial charge on any atom is 0.264 e. The van der Waals surface area contributed by atoms with Crippen molar-refractivity contribution in [3.05, 3.63) is 70.3 Å². The van der Waals surface area contributed by atoms with E-state index < -0.39 is 26.8 Å². The number of aliphatic imine (C=N–C) groups is 1. The molecule has 2 aromatic rings. The Balaban J connectivity index is 1.34. The van der Waals surface area contributed by atoms with Gasteiger partial charge in [0.2, 0.25) is 10.0 Å². The normalized spacial score (nSPS) is 29.5. The largest absolute Gasteiger partial charge is 0.487 e. The number of anilines is 1. The van der Waals surface area contributed by atoms with Crippen molar-refractivity contribution < 1.29 is 22.7 Å². The lowest BCUT2D eigenvalue weighted by Gasteiger charge is -2.52. The molecule has 5 atom stereocenters. The third kappa shape index (κ3) is 9.47. The SMILES string of the molecule is C/N=C/CCN1CCN(C[C@]2(OC)/C=C/C[C@H](C)[C@@H](C)S(=O)(=O)NC(=O)c3ccc4c(c3)N(CCCCc3cc(Cl)ccc3CO4)C[C@@H]3CC[C@H]32)CC1. The Morgan fingerprint density at radius 1 is 1.04 bits per heavy atom. The fraction of sp³-hybridized carbons (Fsp3) is 0.610. The molecule has 53 heavy (non-hydrogen) atoms. The van der Waals surface area contributed by atoms with Gasteiger partial charge in [-0.05, 0) is 117 Å². The molecule has 0 aromatic heterocycles. The third-order valence-electron chi connectivity index (χ3n) is 12.2. The molecule has 0 spiro atoms. The van der Waals surface area contributed by atoms with Crippen LogP contribution in [-0.4, -0.2) is 108 Å². The minimum atomic E-state index is -3.96. The smallest absolute Gasteiger partial charge is 0.264 e. The summed E-state index contributed by atoms with van der Waals surface area (Å²) in [5.74, 6) is 0.451. The van der Waals surface area contributed by atoms with Crippen molar-refractivity contribution in [1.82, 2.24) is 14.5 Å². The van der Waals surface area contributed by atoms with Crippen molar-refractivity contribution in [2.75, 3.05) is 71.4 Å². The van der Waals surface area contributed by atoms with Crippen molar-refractivity contribution in [2.45, 2.75) is 76.3 Å². The zero-order valence-corrected chi connectivity index (χ0v) is 33.5. The van der Waals surface area contributed by atoms with E-state index in [0.717, 1.165) is 107 Å². The number of rotatable bonds is 6. The Labute approximate surface area is 322 Å². The highest BCUT2D eigenvalue weighted by molar-refractivity contribution is 7.90. The number of sulfonamides is 1. The van der Waals surface area contributed by atoms with E-state index in [1.54, 1.807) is 13.0 Å². The summed E-state index contributed by atoms with van der Waals surface area (Å²) in [6.45, 7) is 11.3. The Morgan fingerprint density at radius 3 is 2.57 bits per heavy atom. The highest BCUT2D eigenvalue weighted by atomic mass is 35.5. The van der Waals surface area contributed by atoms with Gasteiger partial charge in [0.25, 0.3) is 5.91 Å². The lowest BCUT2D eigenvalue weighted by Crippen LogP contribution is -2.58. The molecule has 290 valence electrons. The summed E-state index contributed by atoms with van der Waals surface area (Å²) >= 11 is 6.41. The van der Waals surface area contributed by atoms with Gasteiger partial charge < -0.3 is 24.3 Å². The molecule has 2 fully saturated rings. The van der Waals surface area contributed by atoms with Crippen molar-refractivity contribution in [3.8, 4) is 5.75 Å². The van der Waals surface area contributed by atoms with Gasteiger partial charge in [0.15, 0.2) is 0 Å². The van der Waals surface area contributed by atoms with Crippen LogP contribution in [0.5, 0.6) is 5.75 Å². The maximum absolute atomic E-state index is 13.6. The van der Waals surface area contributed by atoms with E-state index in [1.807, 2.05) is 57.6 Å². The molecule has 1 aliphatic carbocycles. The molecule has 6 rings (SSSR count). The van der Waals surface area contributed by atoms with Crippen LogP contribution in [-0.2, 0) is 27.8 Å². The summed E-state index contributed by atoms with van der Waals surface area (Å²) < 4.78 is 42.8. The first-order valence-corrected chi connectivity index (χ1v) is 21.4. The van der Waals surface area contributed by atoms with Gasteiger partial charge in [-0.15, -0.1) is 0 Å². The topological polar surface area (TPSA) is 104 Å². The van der Waals surface area contributed by atoms with Gasteiger partial charge in [-0.25, -0.2) is 13.1 Å². The van der Waals surface area contributed by atoms with E-state index >= 15 is 0 Å². The van der Waals surface area contributed by atoms with Crippen LogP contribution in [0.2, 0.25) is 5.02 Å². The molecule has 1 amide bonds. The summed E-state index contributed by atoms with van der Waals surface area (Å²) in [6, 6.07) is 11.3. The first kappa shape index (κ1) is 39.7. The number of nitrogens with one attached hydrogen (secondary N) is 1. The predicted octanol–water partition coefficient (Wildman–Crippen LogP) is 6.23. The van der Waals surface area contributed by atoms with Crippen LogP contribution >= 0.6 is 11.6 Å². The van der Waals surface area contributed by atoms with E-state index in [-0.39, 0.29) is 11.8 Å². The van der Waals surface area contributed by atoms with Gasteiger partial charge in [0, 0.05) is 77.1 Å². The Kier molecular flexibility index (Phi) is 13.2. The number of hydrogen-bond donors (Lipinski definition) is 1. The fourth-order valence-corrected chi connectivity index (χ4v) is 10.0. The number of carbonyl (C=O) groups is 1. The molecule has 0 unspecified atom stereocenters. The molecule has 1 saturated heterocycles. The van der Waals surface area contributed by atoms with Gasteiger partial charge in [-0.1, -0.05) is 36.7 Å². The zero-order valence-electron chi connectivity index (χ0n) is 31.9. The Bertz CT molecular complexity index is 1750. The highest BCUT2D eigenvalue weighted by Gasteiger charge is 2.48. The number of hydrogen-bond acceptors (Lipinski definition) is 9. The van der Waals surface area contributed by atoms with Crippen molar-refractivity contribution in [3.63, 3.8) is 0 Å². The molecular weight excluding hydrogens is 710 g/mol. The molecule has 2 bridgehead atoms. The summed E-state index contributed by atoms with van der Waals surface area (Å²) in [5.41, 5.74) is 2.87. The van der Waals surface area contributed by atoms with Crippen LogP contribution in [0, 0.1) is 17.8 Å². The number of amides is 1. The van der Waals surface area contributed by atoms with Crippen molar-refractivity contribution in [1.29, 1.82) is 0 Å². The minimum Gasteiger partial charge on any atom is -0.487 e. The maximum atomic E-state index is 13.6. The van der Waals surface area contributed by atoms with E-state index in [9.17, 15) is 13.2 Å². The van der Waals surface area contributed by atoms with E-state index in [0.29, 0.717) is 30.3 Å². The van der Waals surface area contributed by atoms with Gasteiger partial charge >= 0.3 is 0 Å². The molecule has 3 aliphatic heterocycles. The monoisotopic (exact) mass is 767 g/mol. The molecular formula is C41H58ClN5O5S. The number of aryl methyl sites for hydroxylation is 1. The molecule has 1 N–H and O–H groups in total. The van der Waals surface area contributed by atoms with E-state index in [2.05, 4.69) is 36.6 Å². The van der Waals surface area contributed by atoms with E-state index in [1.165, 1.54) is 5.56 Å². The number of methoxy groups -OCH3 is 1. The molecule has 10 nitrogen and oxygen atoms in total. The van der Waals surface area contributed by atoms with Gasteiger partial charge in [-0.2, -0.15) is 0 Å². The molecule has 0 radical (unpaired) electrons. The van der Waals surface area contributed by atoms with Crippen molar-refractivity contribution >= 4 is 39.4 Å². The molecule has 1 saturated carbocycles. The van der Waals surface area contributed by atoms with Gasteiger partial charge in [-0.3, -0.25) is 9.69 Å². The number of benzene rings is 2. The van der Waals surface area contributed by atoms with Crippen molar-refractivity contribution in [2.24, 2.45) is 22.7 Å². The standard InChI is InChI=1S/C41H58ClN5O5S/c1-30-9-7-17-41(51-4,29-46-23-21-45(22-24-46)19-8-18-43-3)37-15-12-34(37)27-47-20-6-5-10-32-25-36(42)14-11-35(32)28-52-39-16-13-33(26-38(39)47)40(48)44-53(49,50)31(30)2/h7,11,13-14,16-18,25-26,30-31,34,37H,5-6,8-10,12,15,19-24,27-29H2,1-4H3,(H,44,48)/b17-7+,43-18+/t30-,31+,34-,37+,41+/m0/s1. The van der Waals surface area contributed by atoms with Crippen LogP contribution in [0.25, 0.3) is 0 Å². The number of ether oxygens (including phenoxy) is 2. The summed E-state index contributed by atoms with van der Waals surface area (Å²) in [7, 11) is -0.284. The number of allylic oxidation sites excluding steroid dienone is 1. The van der Waals surface area contributed by atoms with Crippen LogP contribution in [0.3, 0.4) is 0 Å². The van der Waals surface area contributed by atoms with Crippen LogP contribution in [0.1, 0.15) is 73.9 Å². The lowest BCUT2D eigenvalue weighted by molar-refractivity contribution is -0.0953. The average Bonchev–Trinajstić information content (AvgIpc) is 3.16.